The molecule has 1 atom stereocenters. The molecule has 21 heavy (non-hydrogen) atoms. The summed E-state index contributed by atoms with van der Waals surface area (Å²) in [5, 5.41) is 10.4. The number of para-hydroxylation sites is 1. The highest BCUT2D eigenvalue weighted by Gasteiger charge is 2.14. The molecule has 112 valence electrons. The van der Waals surface area contributed by atoms with Crippen LogP contribution in [0.5, 0.6) is 5.75 Å². The van der Waals surface area contributed by atoms with Crippen LogP contribution in [0, 0.1) is 0 Å². The average Bonchev–Trinajstić information content (AvgIpc) is 2.52. The Labute approximate surface area is 138 Å². The van der Waals surface area contributed by atoms with E-state index in [-0.39, 0.29) is 0 Å². The van der Waals surface area contributed by atoms with E-state index in [2.05, 4.69) is 22.9 Å². The van der Waals surface area contributed by atoms with Crippen molar-refractivity contribution in [2.75, 3.05) is 12.4 Å². The Hall–Kier alpha value is -0.970. The first-order valence-electron chi connectivity index (χ1n) is 6.99. The molecule has 1 N–H and O–H groups in total. The Kier molecular flexibility index (Phi) is 6.61. The van der Waals surface area contributed by atoms with Crippen molar-refractivity contribution in [1.29, 1.82) is 0 Å². The van der Waals surface area contributed by atoms with Gasteiger partial charge in [-0.2, -0.15) is 0 Å². The third kappa shape index (κ3) is 4.77. The van der Waals surface area contributed by atoms with Gasteiger partial charge in [0.1, 0.15) is 5.75 Å². The molecule has 0 heterocycles. The summed E-state index contributed by atoms with van der Waals surface area (Å²) in [5.41, 5.74) is 0.852. The molecule has 0 fully saturated rings. The van der Waals surface area contributed by atoms with Gasteiger partial charge >= 0.3 is 0 Å². The van der Waals surface area contributed by atoms with Gasteiger partial charge < -0.3 is 9.84 Å². The number of thioether (sulfide) groups is 1. The van der Waals surface area contributed by atoms with Crippen LogP contribution >= 0.6 is 27.7 Å². The van der Waals surface area contributed by atoms with Gasteiger partial charge in [0.15, 0.2) is 0 Å². The van der Waals surface area contributed by atoms with Crippen molar-refractivity contribution in [3.63, 3.8) is 0 Å². The second-order valence-corrected chi connectivity index (χ2v) is 6.56. The number of hydrogen-bond acceptors (Lipinski definition) is 3. The highest BCUT2D eigenvalue weighted by atomic mass is 79.9. The fraction of sp³-hybridized carbons (Fsp3) is 0.294. The summed E-state index contributed by atoms with van der Waals surface area (Å²) >= 11 is 5.15. The number of hydrogen-bond donors (Lipinski definition) is 1. The average molecular weight is 367 g/mol. The standard InChI is InChI=1S/C17H19BrO2S/c1-2-11-20-16-9-5-3-7-13(16)15(19)12-21-17-10-6-4-8-14(17)18/h3-10,15,19H,2,11-12H2,1H3. The fourth-order valence-corrected chi connectivity index (χ4v) is 3.45. The van der Waals surface area contributed by atoms with Crippen molar-refractivity contribution in [2.45, 2.75) is 24.3 Å². The fourth-order valence-electron chi connectivity index (χ4n) is 1.92. The lowest BCUT2D eigenvalue weighted by Crippen LogP contribution is -2.05. The smallest absolute Gasteiger partial charge is 0.125 e. The summed E-state index contributed by atoms with van der Waals surface area (Å²) in [4.78, 5) is 1.13. The molecule has 2 nitrogen and oxygen atoms in total. The Balaban J connectivity index is 2.03. The molecule has 0 bridgehead atoms. The maximum absolute atomic E-state index is 10.4. The molecule has 0 aromatic heterocycles. The first kappa shape index (κ1) is 16.4. The number of aliphatic hydroxyl groups excluding tert-OH is 1. The van der Waals surface area contributed by atoms with E-state index in [1.165, 1.54) is 0 Å². The van der Waals surface area contributed by atoms with Gasteiger partial charge in [0.05, 0.1) is 12.7 Å². The van der Waals surface area contributed by atoms with Crippen LogP contribution in [-0.4, -0.2) is 17.5 Å². The first-order chi connectivity index (χ1) is 10.2. The molecule has 0 saturated heterocycles. The molecule has 0 aliphatic carbocycles. The van der Waals surface area contributed by atoms with Gasteiger partial charge in [0.25, 0.3) is 0 Å². The van der Waals surface area contributed by atoms with Gasteiger partial charge in [0, 0.05) is 20.7 Å². The summed E-state index contributed by atoms with van der Waals surface area (Å²) < 4.78 is 6.76. The number of aliphatic hydroxyl groups is 1. The van der Waals surface area contributed by atoms with E-state index in [4.69, 9.17) is 4.74 Å². The molecule has 2 rings (SSSR count). The molecule has 0 aliphatic rings. The van der Waals surface area contributed by atoms with E-state index in [9.17, 15) is 5.11 Å². The molecule has 0 amide bonds. The predicted octanol–water partition coefficient (Wildman–Crippen LogP) is 5.06. The number of benzene rings is 2. The minimum absolute atomic E-state index is 0.546. The van der Waals surface area contributed by atoms with E-state index in [1.807, 2.05) is 48.5 Å². The SMILES string of the molecule is CCCOc1ccccc1C(O)CSc1ccccc1Br. The zero-order valence-corrected chi connectivity index (χ0v) is 14.4. The van der Waals surface area contributed by atoms with Crippen LogP contribution in [0.15, 0.2) is 57.9 Å². The molecule has 2 aromatic rings. The second-order valence-electron chi connectivity index (χ2n) is 4.64. The minimum atomic E-state index is -0.546. The van der Waals surface area contributed by atoms with Gasteiger partial charge in [-0.3, -0.25) is 0 Å². The van der Waals surface area contributed by atoms with Gasteiger partial charge in [-0.25, -0.2) is 0 Å². The van der Waals surface area contributed by atoms with E-state index in [0.717, 1.165) is 27.1 Å². The van der Waals surface area contributed by atoms with Gasteiger partial charge in [0.2, 0.25) is 0 Å². The molecular weight excluding hydrogens is 348 g/mol. The van der Waals surface area contributed by atoms with Gasteiger partial charge in [-0.15, -0.1) is 11.8 Å². The quantitative estimate of drug-likeness (QED) is 0.694. The maximum atomic E-state index is 10.4. The molecule has 4 heteroatoms. The predicted molar refractivity (Wildman–Crippen MR) is 92.1 cm³/mol. The largest absolute Gasteiger partial charge is 0.493 e. The molecular formula is C17H19BrO2S. The Morgan fingerprint density at radius 3 is 2.62 bits per heavy atom. The van der Waals surface area contributed by atoms with Crippen LogP contribution in [0.4, 0.5) is 0 Å². The summed E-state index contributed by atoms with van der Waals surface area (Å²) in [7, 11) is 0. The van der Waals surface area contributed by atoms with Gasteiger partial charge in [-0.05, 0) is 40.5 Å². The highest BCUT2D eigenvalue weighted by molar-refractivity contribution is 9.10. The first-order valence-corrected chi connectivity index (χ1v) is 8.77. The van der Waals surface area contributed by atoms with Crippen molar-refractivity contribution in [3.05, 3.63) is 58.6 Å². The Morgan fingerprint density at radius 1 is 1.14 bits per heavy atom. The van der Waals surface area contributed by atoms with E-state index in [1.54, 1.807) is 11.8 Å². The monoisotopic (exact) mass is 366 g/mol. The molecule has 0 saturated carbocycles. The maximum Gasteiger partial charge on any atom is 0.125 e. The Morgan fingerprint density at radius 2 is 1.86 bits per heavy atom. The zero-order valence-electron chi connectivity index (χ0n) is 12.0. The van der Waals surface area contributed by atoms with Crippen molar-refractivity contribution in [3.8, 4) is 5.75 Å². The molecule has 2 aromatic carbocycles. The van der Waals surface area contributed by atoms with Crippen LogP contribution in [0.25, 0.3) is 0 Å². The summed E-state index contributed by atoms with van der Waals surface area (Å²) in [6, 6.07) is 15.7. The lowest BCUT2D eigenvalue weighted by Gasteiger charge is -2.16. The molecule has 0 radical (unpaired) electrons. The topological polar surface area (TPSA) is 29.5 Å². The Bertz CT molecular complexity index is 574. The summed E-state index contributed by atoms with van der Waals surface area (Å²) in [5.74, 6) is 1.37. The second kappa shape index (κ2) is 8.47. The minimum Gasteiger partial charge on any atom is -0.493 e. The molecule has 0 aliphatic heterocycles. The summed E-state index contributed by atoms with van der Waals surface area (Å²) in [6.45, 7) is 2.74. The third-order valence-electron chi connectivity index (χ3n) is 2.97. The third-order valence-corrected chi connectivity index (χ3v) is 5.08. The lowest BCUT2D eigenvalue weighted by atomic mass is 10.1. The van der Waals surface area contributed by atoms with Crippen molar-refractivity contribution in [2.24, 2.45) is 0 Å². The van der Waals surface area contributed by atoms with Crippen LogP contribution < -0.4 is 4.74 Å². The van der Waals surface area contributed by atoms with Crippen molar-refractivity contribution >= 4 is 27.7 Å². The van der Waals surface area contributed by atoms with Crippen LogP contribution in [0.3, 0.4) is 0 Å². The number of rotatable bonds is 7. The van der Waals surface area contributed by atoms with Crippen LogP contribution in [0.2, 0.25) is 0 Å². The number of halogens is 1. The highest BCUT2D eigenvalue weighted by Crippen LogP contribution is 2.33. The normalized spacial score (nSPS) is 12.1. The summed E-state index contributed by atoms with van der Waals surface area (Å²) in [6.07, 6.45) is 0.408. The zero-order chi connectivity index (χ0) is 15.1. The van der Waals surface area contributed by atoms with Crippen LogP contribution in [-0.2, 0) is 0 Å². The van der Waals surface area contributed by atoms with Crippen molar-refractivity contribution in [1.82, 2.24) is 0 Å². The van der Waals surface area contributed by atoms with Gasteiger partial charge in [-0.1, -0.05) is 37.3 Å². The van der Waals surface area contributed by atoms with E-state index >= 15 is 0 Å². The number of ether oxygens (including phenoxy) is 1. The molecule has 1 unspecified atom stereocenters. The van der Waals surface area contributed by atoms with E-state index in [0.29, 0.717) is 12.4 Å². The molecule has 0 spiro atoms. The van der Waals surface area contributed by atoms with Crippen molar-refractivity contribution < 1.29 is 9.84 Å². The van der Waals surface area contributed by atoms with E-state index < -0.39 is 6.10 Å². The van der Waals surface area contributed by atoms with Crippen LogP contribution in [0.1, 0.15) is 25.0 Å². The lowest BCUT2D eigenvalue weighted by molar-refractivity contribution is 0.195.